The van der Waals surface area contributed by atoms with Crippen molar-refractivity contribution in [2.75, 3.05) is 13.7 Å². The van der Waals surface area contributed by atoms with Crippen molar-refractivity contribution in [2.24, 2.45) is 11.7 Å². The summed E-state index contributed by atoms with van der Waals surface area (Å²) in [6.45, 7) is 2.00. The van der Waals surface area contributed by atoms with Gasteiger partial charge in [-0.15, -0.1) is 0 Å². The molecule has 1 amide bonds. The second-order valence-corrected chi connectivity index (χ2v) is 4.85. The lowest BCUT2D eigenvalue weighted by molar-refractivity contribution is -0.144. The molecule has 0 saturated heterocycles. The van der Waals surface area contributed by atoms with Crippen molar-refractivity contribution in [3.05, 3.63) is 0 Å². The van der Waals surface area contributed by atoms with Gasteiger partial charge < -0.3 is 15.8 Å². The molecular weight excluding hydrogens is 220 g/mol. The number of carbonyl (C=O) groups is 2. The minimum absolute atomic E-state index is 0.145. The molecule has 0 radical (unpaired) electrons. The Balaban J connectivity index is 2.41. The second-order valence-electron chi connectivity index (χ2n) is 4.85. The summed E-state index contributed by atoms with van der Waals surface area (Å²) >= 11 is 0. The van der Waals surface area contributed by atoms with Crippen LogP contribution in [0.3, 0.4) is 0 Å². The van der Waals surface area contributed by atoms with Gasteiger partial charge in [0.2, 0.25) is 5.91 Å². The van der Waals surface area contributed by atoms with Gasteiger partial charge in [-0.25, -0.2) is 0 Å². The molecule has 0 spiro atoms. The molecule has 1 aliphatic rings. The van der Waals surface area contributed by atoms with Gasteiger partial charge in [0.05, 0.1) is 18.6 Å². The van der Waals surface area contributed by atoms with Crippen LogP contribution < -0.4 is 11.1 Å². The Hall–Kier alpha value is -1.10. The fourth-order valence-corrected chi connectivity index (χ4v) is 2.12. The fourth-order valence-electron chi connectivity index (χ4n) is 2.12. The lowest BCUT2D eigenvalue weighted by Crippen LogP contribution is -2.55. The lowest BCUT2D eigenvalue weighted by atomic mass is 9.82. The van der Waals surface area contributed by atoms with Crippen molar-refractivity contribution in [3.63, 3.8) is 0 Å². The van der Waals surface area contributed by atoms with Crippen molar-refractivity contribution in [1.29, 1.82) is 0 Å². The zero-order chi connectivity index (χ0) is 12.9. The van der Waals surface area contributed by atoms with Gasteiger partial charge in [-0.2, -0.15) is 0 Å². The molecule has 17 heavy (non-hydrogen) atoms. The van der Waals surface area contributed by atoms with Crippen LogP contribution in [0.1, 0.15) is 39.0 Å². The molecule has 1 fully saturated rings. The number of methoxy groups -OCH3 is 1. The summed E-state index contributed by atoms with van der Waals surface area (Å²) < 4.78 is 4.59. The SMILES string of the molecule is COC(=O)C(C)CNC(=O)C1(N)CCCCC1. The summed E-state index contributed by atoms with van der Waals surface area (Å²) in [5.74, 6) is -0.802. The van der Waals surface area contributed by atoms with Crippen molar-refractivity contribution < 1.29 is 14.3 Å². The molecule has 1 unspecified atom stereocenters. The van der Waals surface area contributed by atoms with Gasteiger partial charge in [-0.3, -0.25) is 9.59 Å². The molecule has 1 rings (SSSR count). The minimum atomic E-state index is -0.742. The quantitative estimate of drug-likeness (QED) is 0.706. The Morgan fingerprint density at radius 2 is 1.94 bits per heavy atom. The standard InChI is InChI=1S/C12H22N2O3/c1-9(10(15)17-2)8-14-11(16)12(13)6-4-3-5-7-12/h9H,3-8,13H2,1-2H3,(H,14,16). The van der Waals surface area contributed by atoms with E-state index in [0.717, 1.165) is 32.1 Å². The minimum Gasteiger partial charge on any atom is -0.469 e. The second kappa shape index (κ2) is 6.00. The van der Waals surface area contributed by atoms with Crippen molar-refractivity contribution in [3.8, 4) is 0 Å². The summed E-state index contributed by atoms with van der Waals surface area (Å²) in [4.78, 5) is 23.1. The first kappa shape index (κ1) is 14.0. The van der Waals surface area contributed by atoms with Gasteiger partial charge in [0, 0.05) is 6.54 Å². The van der Waals surface area contributed by atoms with Crippen LogP contribution in [-0.2, 0) is 14.3 Å². The van der Waals surface area contributed by atoms with Crippen LogP contribution in [0, 0.1) is 5.92 Å². The third-order valence-electron chi connectivity index (χ3n) is 3.37. The predicted octanol–water partition coefficient (Wildman–Crippen LogP) is 0.573. The van der Waals surface area contributed by atoms with Gasteiger partial charge in [0.1, 0.15) is 0 Å². The van der Waals surface area contributed by atoms with Crippen LogP contribution in [0.2, 0.25) is 0 Å². The van der Waals surface area contributed by atoms with Crippen LogP contribution in [0.25, 0.3) is 0 Å². The van der Waals surface area contributed by atoms with Crippen LogP contribution in [0.15, 0.2) is 0 Å². The average Bonchev–Trinajstić information content (AvgIpc) is 2.35. The monoisotopic (exact) mass is 242 g/mol. The van der Waals surface area contributed by atoms with E-state index in [2.05, 4.69) is 10.1 Å². The van der Waals surface area contributed by atoms with Gasteiger partial charge >= 0.3 is 5.97 Å². The smallest absolute Gasteiger partial charge is 0.310 e. The van der Waals surface area contributed by atoms with E-state index >= 15 is 0 Å². The average molecular weight is 242 g/mol. The summed E-state index contributed by atoms with van der Waals surface area (Å²) in [5, 5.41) is 2.74. The zero-order valence-electron chi connectivity index (χ0n) is 10.6. The van der Waals surface area contributed by atoms with E-state index in [4.69, 9.17) is 5.73 Å². The van der Waals surface area contributed by atoms with Gasteiger partial charge in [0.15, 0.2) is 0 Å². The van der Waals surface area contributed by atoms with E-state index < -0.39 is 5.54 Å². The molecule has 98 valence electrons. The number of esters is 1. The van der Waals surface area contributed by atoms with Crippen molar-refractivity contribution in [1.82, 2.24) is 5.32 Å². The highest BCUT2D eigenvalue weighted by Crippen LogP contribution is 2.25. The number of hydrogen-bond acceptors (Lipinski definition) is 4. The maximum atomic E-state index is 11.9. The highest BCUT2D eigenvalue weighted by atomic mass is 16.5. The molecule has 0 aromatic rings. The molecule has 5 heteroatoms. The fraction of sp³-hybridized carbons (Fsp3) is 0.833. The topological polar surface area (TPSA) is 81.4 Å². The Morgan fingerprint density at radius 1 is 1.35 bits per heavy atom. The number of nitrogens with two attached hydrogens (primary N) is 1. The third kappa shape index (κ3) is 3.70. The summed E-state index contributed by atoms with van der Waals surface area (Å²) in [6, 6.07) is 0. The number of rotatable bonds is 4. The first-order valence-electron chi connectivity index (χ1n) is 6.14. The lowest BCUT2D eigenvalue weighted by Gasteiger charge is -2.32. The Labute approximate surface area is 102 Å². The van der Waals surface area contributed by atoms with Crippen LogP contribution >= 0.6 is 0 Å². The van der Waals surface area contributed by atoms with Crippen molar-refractivity contribution in [2.45, 2.75) is 44.6 Å². The van der Waals surface area contributed by atoms with Crippen LogP contribution in [0.4, 0.5) is 0 Å². The molecule has 0 heterocycles. The first-order valence-corrected chi connectivity index (χ1v) is 6.14. The molecule has 0 aromatic heterocycles. The molecule has 1 atom stereocenters. The number of amides is 1. The van der Waals surface area contributed by atoms with E-state index in [9.17, 15) is 9.59 Å². The van der Waals surface area contributed by atoms with Gasteiger partial charge in [0.25, 0.3) is 0 Å². The zero-order valence-corrected chi connectivity index (χ0v) is 10.6. The summed E-state index contributed by atoms with van der Waals surface area (Å²) in [5.41, 5.74) is 5.33. The Morgan fingerprint density at radius 3 is 2.47 bits per heavy atom. The van der Waals surface area contributed by atoms with E-state index in [-0.39, 0.29) is 24.3 Å². The largest absolute Gasteiger partial charge is 0.469 e. The molecule has 5 nitrogen and oxygen atoms in total. The number of hydrogen-bond donors (Lipinski definition) is 2. The molecule has 0 aromatic carbocycles. The van der Waals surface area contributed by atoms with Crippen molar-refractivity contribution >= 4 is 11.9 Å². The summed E-state index contributed by atoms with van der Waals surface area (Å²) in [7, 11) is 1.34. The van der Waals surface area contributed by atoms with Gasteiger partial charge in [-0.05, 0) is 12.8 Å². The van der Waals surface area contributed by atoms with Gasteiger partial charge in [-0.1, -0.05) is 26.2 Å². The highest BCUT2D eigenvalue weighted by molar-refractivity contribution is 5.86. The molecule has 1 aliphatic carbocycles. The number of carbonyl (C=O) groups excluding carboxylic acids is 2. The summed E-state index contributed by atoms with van der Waals surface area (Å²) in [6.07, 6.45) is 4.59. The molecular formula is C12H22N2O3. The highest BCUT2D eigenvalue weighted by Gasteiger charge is 2.35. The normalized spacial score (nSPS) is 20.4. The van der Waals surface area contributed by atoms with E-state index in [1.165, 1.54) is 7.11 Å². The predicted molar refractivity (Wildman–Crippen MR) is 64.2 cm³/mol. The van der Waals surface area contributed by atoms with E-state index in [1.807, 2.05) is 0 Å². The maximum absolute atomic E-state index is 11.9. The molecule has 3 N–H and O–H groups in total. The van der Waals surface area contributed by atoms with E-state index in [0.29, 0.717) is 0 Å². The maximum Gasteiger partial charge on any atom is 0.310 e. The number of ether oxygens (including phenoxy) is 1. The molecule has 0 aliphatic heterocycles. The van der Waals surface area contributed by atoms with Crippen LogP contribution in [-0.4, -0.2) is 31.1 Å². The third-order valence-corrected chi connectivity index (χ3v) is 3.37. The van der Waals surface area contributed by atoms with Crippen LogP contribution in [0.5, 0.6) is 0 Å². The van der Waals surface area contributed by atoms with E-state index in [1.54, 1.807) is 6.92 Å². The molecule has 1 saturated carbocycles. The Kier molecular flexibility index (Phi) is 4.93. The first-order chi connectivity index (χ1) is 7.99. The molecule has 0 bridgehead atoms. The number of nitrogens with one attached hydrogen (secondary N) is 1. The Bertz CT molecular complexity index is 285.